The van der Waals surface area contributed by atoms with E-state index in [0.29, 0.717) is 41.0 Å². The van der Waals surface area contributed by atoms with Gasteiger partial charge < -0.3 is 14.6 Å². The van der Waals surface area contributed by atoms with E-state index in [4.69, 9.17) is 21.2 Å². The molecule has 2 aromatic carbocycles. The van der Waals surface area contributed by atoms with Crippen LogP contribution in [0.15, 0.2) is 51.8 Å². The van der Waals surface area contributed by atoms with Crippen LogP contribution in [0.1, 0.15) is 18.4 Å². The Labute approximate surface area is 182 Å². The van der Waals surface area contributed by atoms with Crippen LogP contribution in [0.4, 0.5) is 6.01 Å². The summed E-state index contributed by atoms with van der Waals surface area (Å²) in [5, 5.41) is 9.03. The predicted molar refractivity (Wildman–Crippen MR) is 119 cm³/mol. The number of hydrogen-bond acceptors (Lipinski definition) is 5. The number of oxazole rings is 1. The van der Waals surface area contributed by atoms with Crippen LogP contribution < -0.4 is 15.4 Å². The van der Waals surface area contributed by atoms with Crippen molar-refractivity contribution in [2.24, 2.45) is 11.1 Å². The van der Waals surface area contributed by atoms with Gasteiger partial charge in [-0.1, -0.05) is 27.9 Å². The largest absolute Gasteiger partial charge is 0.423 e. The standard InChI is InChI=1S/C21H23ClN4O3S/c22-16-5-8-18-19(12-16)29-21(25-18)26-11-1-2-15(13-26)20(27)24-10-9-14-3-6-17(7-4-14)30(23)28/h3-8,12,15H,1-2,9-11,13H2,(H2,23,28)(H,24,27)/p+1. The van der Waals surface area contributed by atoms with Crippen molar-refractivity contribution in [2.75, 3.05) is 24.5 Å². The number of carbonyl (C=O) groups excluding carboxylic acids is 1. The van der Waals surface area contributed by atoms with Gasteiger partial charge in [0.15, 0.2) is 21.5 Å². The van der Waals surface area contributed by atoms with Gasteiger partial charge in [0.05, 0.1) is 5.92 Å². The number of rotatable bonds is 6. The van der Waals surface area contributed by atoms with Crippen molar-refractivity contribution in [3.05, 3.63) is 53.1 Å². The Morgan fingerprint density at radius 2 is 2.10 bits per heavy atom. The number of aromatic nitrogens is 1. The lowest BCUT2D eigenvalue weighted by atomic mass is 9.97. The fraction of sp³-hybridized carbons (Fsp3) is 0.333. The molecule has 0 bridgehead atoms. The molecule has 4 rings (SSSR count). The molecule has 2 atom stereocenters. The number of hydrogen-bond donors (Lipinski definition) is 2. The van der Waals surface area contributed by atoms with Gasteiger partial charge in [0.1, 0.15) is 5.52 Å². The summed E-state index contributed by atoms with van der Waals surface area (Å²) in [6.45, 7) is 1.93. The van der Waals surface area contributed by atoms with E-state index in [1.54, 1.807) is 24.3 Å². The Kier molecular flexibility index (Phi) is 6.36. The van der Waals surface area contributed by atoms with Crippen molar-refractivity contribution < 1.29 is 13.4 Å². The molecule has 1 amide bonds. The first kappa shape index (κ1) is 20.8. The number of benzene rings is 2. The van der Waals surface area contributed by atoms with Crippen LogP contribution in [0.2, 0.25) is 5.02 Å². The average molecular weight is 448 g/mol. The van der Waals surface area contributed by atoms with Crippen LogP contribution in [-0.4, -0.2) is 30.5 Å². The fourth-order valence-electron chi connectivity index (χ4n) is 3.67. The topological polar surface area (TPSA) is 101 Å². The van der Waals surface area contributed by atoms with Gasteiger partial charge in [0.25, 0.3) is 6.01 Å². The van der Waals surface area contributed by atoms with Crippen molar-refractivity contribution in [2.45, 2.75) is 24.2 Å². The number of carbonyl (C=O) groups is 1. The summed E-state index contributed by atoms with van der Waals surface area (Å²) in [6, 6.07) is 13.2. The second-order valence-electron chi connectivity index (χ2n) is 7.43. The number of anilines is 1. The Balaban J connectivity index is 1.32. The molecular formula is C21H24ClN4O3S+. The highest BCUT2D eigenvalue weighted by atomic mass is 35.5. The molecule has 1 aliphatic rings. The number of nitrogens with two attached hydrogens (primary N) is 1. The van der Waals surface area contributed by atoms with Gasteiger partial charge >= 0.3 is 0 Å². The molecule has 30 heavy (non-hydrogen) atoms. The van der Waals surface area contributed by atoms with Crippen molar-refractivity contribution in [3.63, 3.8) is 0 Å². The van der Waals surface area contributed by atoms with E-state index < -0.39 is 11.0 Å². The molecule has 7 nitrogen and oxygen atoms in total. The summed E-state index contributed by atoms with van der Waals surface area (Å²) < 4.78 is 17.1. The highest BCUT2D eigenvalue weighted by molar-refractivity contribution is 7.82. The van der Waals surface area contributed by atoms with E-state index in [9.17, 15) is 9.00 Å². The number of thiol groups is 1. The van der Waals surface area contributed by atoms with Crippen LogP contribution in [0, 0.1) is 5.92 Å². The Hall–Kier alpha value is -2.42. The van der Waals surface area contributed by atoms with Crippen LogP contribution >= 0.6 is 11.6 Å². The summed E-state index contributed by atoms with van der Waals surface area (Å²) in [5.74, 6) is -0.0681. The number of amides is 1. The zero-order chi connectivity index (χ0) is 21.1. The van der Waals surface area contributed by atoms with Gasteiger partial charge in [-0.25, -0.2) is 0 Å². The van der Waals surface area contributed by atoms with Crippen molar-refractivity contribution in [3.8, 4) is 0 Å². The zero-order valence-electron chi connectivity index (χ0n) is 16.4. The molecule has 158 valence electrons. The quantitative estimate of drug-likeness (QED) is 0.446. The smallest absolute Gasteiger partial charge is 0.298 e. The first-order chi connectivity index (χ1) is 14.5. The summed E-state index contributed by atoms with van der Waals surface area (Å²) in [4.78, 5) is 19.8. The van der Waals surface area contributed by atoms with Gasteiger partial charge in [-0.05, 0) is 49.1 Å². The lowest BCUT2D eigenvalue weighted by molar-refractivity contribution is -0.125. The molecule has 2 unspecified atom stereocenters. The highest BCUT2D eigenvalue weighted by Crippen LogP contribution is 2.28. The Morgan fingerprint density at radius 1 is 1.30 bits per heavy atom. The molecule has 0 radical (unpaired) electrons. The number of nitrogens with zero attached hydrogens (tertiary/aromatic N) is 2. The number of piperidine rings is 1. The van der Waals surface area contributed by atoms with Crippen molar-refractivity contribution in [1.29, 1.82) is 0 Å². The average Bonchev–Trinajstić information content (AvgIpc) is 3.17. The molecular weight excluding hydrogens is 424 g/mol. The molecule has 1 saturated heterocycles. The van der Waals surface area contributed by atoms with E-state index in [0.717, 1.165) is 30.5 Å². The monoisotopic (exact) mass is 447 g/mol. The maximum atomic E-state index is 12.7. The van der Waals surface area contributed by atoms with Crippen LogP contribution in [0.25, 0.3) is 11.1 Å². The minimum atomic E-state index is -1.82. The second kappa shape index (κ2) is 9.16. The first-order valence-corrected chi connectivity index (χ1v) is 11.6. The van der Waals surface area contributed by atoms with Gasteiger partial charge in [0.2, 0.25) is 5.91 Å². The van der Waals surface area contributed by atoms with Crippen molar-refractivity contribution >= 4 is 45.6 Å². The van der Waals surface area contributed by atoms with Gasteiger partial charge in [0, 0.05) is 30.7 Å². The lowest BCUT2D eigenvalue weighted by Gasteiger charge is -2.30. The molecule has 1 aliphatic heterocycles. The molecule has 2 heterocycles. The molecule has 0 saturated carbocycles. The van der Waals surface area contributed by atoms with E-state index in [1.165, 1.54) is 0 Å². The van der Waals surface area contributed by atoms with Crippen molar-refractivity contribution in [1.82, 2.24) is 10.3 Å². The molecule has 9 heteroatoms. The van der Waals surface area contributed by atoms with E-state index in [-0.39, 0.29) is 11.8 Å². The van der Waals surface area contributed by atoms with E-state index in [1.807, 2.05) is 23.1 Å². The molecule has 3 aromatic rings. The maximum absolute atomic E-state index is 12.7. The molecule has 0 spiro atoms. The van der Waals surface area contributed by atoms with E-state index in [2.05, 4.69) is 10.3 Å². The normalized spacial score (nSPS) is 17.8. The summed E-state index contributed by atoms with van der Waals surface area (Å²) in [7, 11) is -1.82. The number of halogens is 1. The highest BCUT2D eigenvalue weighted by Gasteiger charge is 2.28. The first-order valence-electron chi connectivity index (χ1n) is 9.89. The minimum Gasteiger partial charge on any atom is -0.423 e. The third-order valence-electron chi connectivity index (χ3n) is 5.31. The lowest BCUT2D eigenvalue weighted by Crippen LogP contribution is -2.43. The minimum absolute atomic E-state index is 0.0421. The van der Waals surface area contributed by atoms with Gasteiger partial charge in [-0.2, -0.15) is 4.98 Å². The maximum Gasteiger partial charge on any atom is 0.298 e. The Morgan fingerprint density at radius 3 is 2.87 bits per heavy atom. The zero-order valence-corrected chi connectivity index (χ0v) is 18.0. The van der Waals surface area contributed by atoms with Crippen LogP contribution in [0.3, 0.4) is 0 Å². The molecule has 1 aromatic heterocycles. The van der Waals surface area contributed by atoms with Gasteiger partial charge in [-0.3, -0.25) is 4.79 Å². The van der Waals surface area contributed by atoms with Crippen LogP contribution in [0.5, 0.6) is 0 Å². The van der Waals surface area contributed by atoms with E-state index >= 15 is 0 Å². The summed E-state index contributed by atoms with van der Waals surface area (Å²) in [5.41, 5.74) is 2.46. The number of fused-ring (bicyclic) bond motifs is 1. The molecule has 0 aliphatic carbocycles. The molecule has 3 N–H and O–H groups in total. The predicted octanol–water partition coefficient (Wildman–Crippen LogP) is 2.99. The summed E-state index contributed by atoms with van der Waals surface area (Å²) >= 11 is 6.02. The number of nitrogens with one attached hydrogen (secondary N) is 1. The summed E-state index contributed by atoms with van der Waals surface area (Å²) in [6.07, 6.45) is 2.44. The second-order valence-corrected chi connectivity index (χ2v) is 9.03. The Bertz CT molecular complexity index is 1070. The fourth-order valence-corrected chi connectivity index (χ4v) is 4.28. The SMILES string of the molecule is N[SH+](=O)c1ccc(CCNC(=O)C2CCCN(c3nc4ccc(Cl)cc4o3)C2)cc1. The molecule has 1 fully saturated rings. The van der Waals surface area contributed by atoms with Gasteiger partial charge in [-0.15, -0.1) is 5.14 Å². The third-order valence-corrected chi connectivity index (χ3v) is 6.35. The third kappa shape index (κ3) is 4.83. The van der Waals surface area contributed by atoms with Crippen LogP contribution in [-0.2, 0) is 26.4 Å².